The first kappa shape index (κ1) is 26.8. The van der Waals surface area contributed by atoms with Gasteiger partial charge in [0.05, 0.1) is 25.8 Å². The largest absolute Gasteiger partial charge is 0.507 e. The molecule has 0 bridgehead atoms. The Kier molecular flexibility index (Phi) is 8.77. The van der Waals surface area contributed by atoms with Crippen LogP contribution < -0.4 is 14.2 Å². The predicted molar refractivity (Wildman–Crippen MR) is 139 cm³/mol. The van der Waals surface area contributed by atoms with E-state index in [0.29, 0.717) is 53.5 Å². The number of ether oxygens (including phenoxy) is 3. The summed E-state index contributed by atoms with van der Waals surface area (Å²) in [7, 11) is 6.96. The normalized spacial score (nSPS) is 16.9. The molecule has 0 aromatic heterocycles. The number of likely N-dealkylation sites (tertiary alicyclic amines) is 1. The second-order valence-electron chi connectivity index (χ2n) is 8.84. The highest BCUT2D eigenvalue weighted by Gasteiger charge is 2.46. The molecule has 2 aromatic carbocycles. The van der Waals surface area contributed by atoms with Crippen LogP contribution in [0.2, 0.25) is 0 Å². The third-order valence-corrected chi connectivity index (χ3v) is 6.09. The van der Waals surface area contributed by atoms with Crippen molar-refractivity contribution in [2.24, 2.45) is 0 Å². The smallest absolute Gasteiger partial charge is 0.295 e. The lowest BCUT2D eigenvalue weighted by atomic mass is 9.93. The van der Waals surface area contributed by atoms with E-state index in [9.17, 15) is 14.7 Å². The molecule has 8 heteroatoms. The van der Waals surface area contributed by atoms with Gasteiger partial charge in [-0.2, -0.15) is 0 Å². The van der Waals surface area contributed by atoms with Crippen molar-refractivity contribution in [1.29, 1.82) is 0 Å². The van der Waals surface area contributed by atoms with Crippen molar-refractivity contribution in [2.45, 2.75) is 19.4 Å². The summed E-state index contributed by atoms with van der Waals surface area (Å²) in [5.74, 6) is 0.0216. The zero-order valence-corrected chi connectivity index (χ0v) is 21.5. The third kappa shape index (κ3) is 5.54. The first-order valence-corrected chi connectivity index (χ1v) is 11.7. The Morgan fingerprint density at radius 1 is 1.11 bits per heavy atom. The summed E-state index contributed by atoms with van der Waals surface area (Å²) in [6.45, 7) is 6.90. The number of nitrogens with zero attached hydrogens (tertiary/aromatic N) is 2. The quantitative estimate of drug-likeness (QED) is 0.219. The number of aliphatic hydroxyl groups is 1. The van der Waals surface area contributed by atoms with E-state index in [2.05, 4.69) is 6.58 Å². The molecule has 1 aliphatic rings. The van der Waals surface area contributed by atoms with Gasteiger partial charge in [0, 0.05) is 12.1 Å². The molecule has 1 unspecified atom stereocenters. The van der Waals surface area contributed by atoms with Crippen molar-refractivity contribution < 1.29 is 28.9 Å². The Morgan fingerprint density at radius 2 is 1.83 bits per heavy atom. The summed E-state index contributed by atoms with van der Waals surface area (Å²) in [5, 5.41) is 11.4. The van der Waals surface area contributed by atoms with Gasteiger partial charge in [-0.25, -0.2) is 0 Å². The molecule has 0 spiro atoms. The summed E-state index contributed by atoms with van der Waals surface area (Å²) in [5.41, 5.74) is 1.85. The lowest BCUT2D eigenvalue weighted by Gasteiger charge is -2.26. The van der Waals surface area contributed by atoms with Crippen molar-refractivity contribution in [3.8, 4) is 17.2 Å². The number of amides is 1. The highest BCUT2D eigenvalue weighted by Crippen LogP contribution is 2.42. The standard InChI is InChI=1S/C28H34N2O6/c1-7-15-36-20-10-11-21(18(2)16-20)26(31)24-25(19-9-12-22(34-5)23(17-19)35-6)30(28(33)27(24)32)14-8-13-29(3)4/h7,9-12,16-17,25,31H,1,8,13-15H2,2-6H3/b26-24+. The molecule has 0 radical (unpaired) electrons. The molecule has 36 heavy (non-hydrogen) atoms. The molecule has 1 N–H and O–H groups in total. The molecular formula is C28H34N2O6. The van der Waals surface area contributed by atoms with Gasteiger partial charge in [0.1, 0.15) is 18.1 Å². The highest BCUT2D eigenvalue weighted by molar-refractivity contribution is 6.46. The van der Waals surface area contributed by atoms with E-state index < -0.39 is 17.7 Å². The van der Waals surface area contributed by atoms with Crippen molar-refractivity contribution in [3.05, 3.63) is 71.3 Å². The Bertz CT molecular complexity index is 1170. The van der Waals surface area contributed by atoms with Gasteiger partial charge in [0.15, 0.2) is 11.5 Å². The van der Waals surface area contributed by atoms with Gasteiger partial charge in [-0.05, 0) is 75.4 Å². The van der Waals surface area contributed by atoms with E-state index in [0.717, 1.165) is 6.54 Å². The van der Waals surface area contributed by atoms with E-state index in [1.807, 2.05) is 25.9 Å². The van der Waals surface area contributed by atoms with Gasteiger partial charge in [-0.15, -0.1) is 0 Å². The Morgan fingerprint density at radius 3 is 2.44 bits per heavy atom. The summed E-state index contributed by atoms with van der Waals surface area (Å²) in [6.07, 6.45) is 2.31. The minimum Gasteiger partial charge on any atom is -0.507 e. The number of Topliss-reactive ketones (excluding diaryl/α,β-unsaturated/α-hetero) is 1. The SMILES string of the molecule is C=CCOc1ccc(/C(O)=C2\C(=O)C(=O)N(CCCN(C)C)C2c2ccc(OC)c(OC)c2)c(C)c1. The number of benzene rings is 2. The molecular weight excluding hydrogens is 460 g/mol. The third-order valence-electron chi connectivity index (χ3n) is 6.09. The molecule has 8 nitrogen and oxygen atoms in total. The van der Waals surface area contributed by atoms with Crippen LogP contribution in [-0.2, 0) is 9.59 Å². The van der Waals surface area contributed by atoms with E-state index in [4.69, 9.17) is 14.2 Å². The molecule has 2 aromatic rings. The number of hydrogen-bond donors (Lipinski definition) is 1. The molecule has 0 saturated carbocycles. The van der Waals surface area contributed by atoms with E-state index in [1.165, 1.54) is 19.1 Å². The fourth-order valence-electron chi connectivity index (χ4n) is 4.33. The fourth-order valence-corrected chi connectivity index (χ4v) is 4.33. The van der Waals surface area contributed by atoms with Crippen LogP contribution in [0.3, 0.4) is 0 Å². The average Bonchev–Trinajstić information content (AvgIpc) is 3.11. The lowest BCUT2D eigenvalue weighted by molar-refractivity contribution is -0.139. The minimum atomic E-state index is -0.775. The number of aryl methyl sites for hydroxylation is 1. The zero-order chi connectivity index (χ0) is 26.4. The Hall–Kier alpha value is -3.78. The second-order valence-corrected chi connectivity index (χ2v) is 8.84. The number of aliphatic hydroxyl groups excluding tert-OH is 1. The summed E-state index contributed by atoms with van der Waals surface area (Å²) in [4.78, 5) is 30.0. The molecule has 1 aliphatic heterocycles. The van der Waals surface area contributed by atoms with Gasteiger partial charge in [0.2, 0.25) is 0 Å². The average molecular weight is 495 g/mol. The monoisotopic (exact) mass is 494 g/mol. The summed E-state index contributed by atoms with van der Waals surface area (Å²) in [6, 6.07) is 9.65. The summed E-state index contributed by atoms with van der Waals surface area (Å²) < 4.78 is 16.4. The van der Waals surface area contributed by atoms with E-state index in [-0.39, 0.29) is 11.3 Å². The van der Waals surface area contributed by atoms with Gasteiger partial charge >= 0.3 is 0 Å². The number of carbonyl (C=O) groups excluding carboxylic acids is 2. The van der Waals surface area contributed by atoms with Gasteiger partial charge in [-0.3, -0.25) is 9.59 Å². The first-order chi connectivity index (χ1) is 17.2. The van der Waals surface area contributed by atoms with E-state index >= 15 is 0 Å². The Labute approximate surface area is 212 Å². The van der Waals surface area contributed by atoms with Crippen LogP contribution in [0.1, 0.15) is 29.2 Å². The van der Waals surface area contributed by atoms with Crippen LogP contribution in [0.25, 0.3) is 5.76 Å². The maximum Gasteiger partial charge on any atom is 0.295 e. The maximum atomic E-state index is 13.3. The summed E-state index contributed by atoms with van der Waals surface area (Å²) >= 11 is 0. The molecule has 3 rings (SSSR count). The predicted octanol–water partition coefficient (Wildman–Crippen LogP) is 3.95. The van der Waals surface area contributed by atoms with Crippen LogP contribution in [-0.4, -0.2) is 74.6 Å². The van der Waals surface area contributed by atoms with Gasteiger partial charge < -0.3 is 29.1 Å². The minimum absolute atomic E-state index is 0.0416. The van der Waals surface area contributed by atoms with Crippen LogP contribution in [0.4, 0.5) is 0 Å². The molecule has 1 fully saturated rings. The van der Waals surface area contributed by atoms with Crippen molar-refractivity contribution in [3.63, 3.8) is 0 Å². The molecule has 192 valence electrons. The maximum absolute atomic E-state index is 13.3. The zero-order valence-electron chi connectivity index (χ0n) is 21.5. The Balaban J connectivity index is 2.13. The molecule has 0 aliphatic carbocycles. The highest BCUT2D eigenvalue weighted by atomic mass is 16.5. The van der Waals surface area contributed by atoms with Crippen molar-refractivity contribution in [1.82, 2.24) is 9.80 Å². The van der Waals surface area contributed by atoms with Gasteiger partial charge in [-0.1, -0.05) is 18.7 Å². The number of carbonyl (C=O) groups is 2. The number of hydrogen-bond acceptors (Lipinski definition) is 7. The van der Waals surface area contributed by atoms with Crippen LogP contribution in [0, 0.1) is 6.92 Å². The molecule has 1 atom stereocenters. The molecule has 1 amide bonds. The van der Waals surface area contributed by atoms with Crippen LogP contribution in [0.5, 0.6) is 17.2 Å². The van der Waals surface area contributed by atoms with Crippen molar-refractivity contribution in [2.75, 3.05) is 48.0 Å². The number of ketones is 1. The second kappa shape index (κ2) is 11.8. The fraction of sp³-hybridized carbons (Fsp3) is 0.357. The molecule has 1 heterocycles. The van der Waals surface area contributed by atoms with Crippen LogP contribution in [0.15, 0.2) is 54.6 Å². The molecule has 1 saturated heterocycles. The van der Waals surface area contributed by atoms with Crippen LogP contribution >= 0.6 is 0 Å². The van der Waals surface area contributed by atoms with Gasteiger partial charge in [0.25, 0.3) is 11.7 Å². The lowest BCUT2D eigenvalue weighted by Crippen LogP contribution is -2.32. The number of methoxy groups -OCH3 is 2. The number of rotatable bonds is 11. The topological polar surface area (TPSA) is 88.5 Å². The first-order valence-electron chi connectivity index (χ1n) is 11.7. The van der Waals surface area contributed by atoms with Crippen molar-refractivity contribution >= 4 is 17.4 Å². The van der Waals surface area contributed by atoms with E-state index in [1.54, 1.807) is 42.5 Å².